The summed E-state index contributed by atoms with van der Waals surface area (Å²) in [5.41, 5.74) is 2.49. The van der Waals surface area contributed by atoms with Gasteiger partial charge in [-0.2, -0.15) is 4.31 Å². The average Bonchev–Trinajstić information content (AvgIpc) is 2.80. The van der Waals surface area contributed by atoms with E-state index in [0.717, 1.165) is 24.0 Å². The molecule has 2 amide bonds. The van der Waals surface area contributed by atoms with Gasteiger partial charge in [-0.3, -0.25) is 14.5 Å². The number of nitrogens with zero attached hydrogens (tertiary/aromatic N) is 2. The van der Waals surface area contributed by atoms with E-state index in [4.69, 9.17) is 4.74 Å². The Bertz CT molecular complexity index is 1140. The van der Waals surface area contributed by atoms with Gasteiger partial charge in [0.25, 0.3) is 5.91 Å². The number of fused-ring (bicyclic) bond motifs is 1. The van der Waals surface area contributed by atoms with Crippen LogP contribution in [0.5, 0.6) is 5.75 Å². The summed E-state index contributed by atoms with van der Waals surface area (Å²) < 4.78 is 33.2. The van der Waals surface area contributed by atoms with E-state index in [1.807, 2.05) is 31.2 Å². The van der Waals surface area contributed by atoms with Gasteiger partial charge in [0.2, 0.25) is 15.9 Å². The number of amides is 2. The quantitative estimate of drug-likeness (QED) is 0.698. The van der Waals surface area contributed by atoms with E-state index in [2.05, 4.69) is 12.2 Å². The van der Waals surface area contributed by atoms with Gasteiger partial charge in [-0.25, -0.2) is 8.42 Å². The maximum atomic E-state index is 13.1. The minimum atomic E-state index is -3.64. The summed E-state index contributed by atoms with van der Waals surface area (Å²) in [5, 5.41) is 2.82. The molecule has 1 fully saturated rings. The van der Waals surface area contributed by atoms with Crippen molar-refractivity contribution in [2.24, 2.45) is 5.92 Å². The van der Waals surface area contributed by atoms with Crippen molar-refractivity contribution in [2.75, 3.05) is 31.1 Å². The third-order valence-corrected chi connectivity index (χ3v) is 8.06. The highest BCUT2D eigenvalue weighted by atomic mass is 32.2. The molecule has 176 valence electrons. The van der Waals surface area contributed by atoms with Gasteiger partial charge in [-0.05, 0) is 43.4 Å². The second-order valence-corrected chi connectivity index (χ2v) is 10.7. The molecule has 0 unspecified atom stereocenters. The zero-order chi connectivity index (χ0) is 23.6. The molecule has 0 radical (unpaired) electrons. The Morgan fingerprint density at radius 1 is 1.12 bits per heavy atom. The molecule has 2 aromatic rings. The molecule has 2 aromatic carbocycles. The molecule has 2 heterocycles. The third-order valence-electron chi connectivity index (χ3n) is 6.17. The molecule has 0 spiro atoms. The smallest absolute Gasteiger partial charge is 0.265 e. The van der Waals surface area contributed by atoms with Crippen LogP contribution in [0.2, 0.25) is 0 Å². The summed E-state index contributed by atoms with van der Waals surface area (Å²) in [5.74, 6) is 0.136. The number of aryl methyl sites for hydroxylation is 1. The molecular formula is C24H29N3O5S. The highest BCUT2D eigenvalue weighted by molar-refractivity contribution is 7.89. The molecule has 33 heavy (non-hydrogen) atoms. The number of hydrogen-bond acceptors (Lipinski definition) is 5. The molecule has 0 aliphatic carbocycles. The van der Waals surface area contributed by atoms with E-state index < -0.39 is 10.0 Å². The molecule has 0 bridgehead atoms. The minimum Gasteiger partial charge on any atom is -0.482 e. The normalized spacial score (nSPS) is 17.4. The summed E-state index contributed by atoms with van der Waals surface area (Å²) in [7, 11) is -3.64. The highest BCUT2D eigenvalue weighted by Crippen LogP contribution is 2.35. The van der Waals surface area contributed by atoms with Crippen molar-refractivity contribution in [2.45, 2.75) is 38.1 Å². The van der Waals surface area contributed by atoms with Gasteiger partial charge in [0.1, 0.15) is 12.3 Å². The number of ether oxygens (including phenoxy) is 1. The molecule has 1 saturated heterocycles. The van der Waals surface area contributed by atoms with Gasteiger partial charge >= 0.3 is 0 Å². The van der Waals surface area contributed by atoms with Gasteiger partial charge in [-0.1, -0.05) is 36.8 Å². The fourth-order valence-corrected chi connectivity index (χ4v) is 5.48. The first-order valence-corrected chi connectivity index (χ1v) is 12.6. The van der Waals surface area contributed by atoms with E-state index >= 15 is 0 Å². The van der Waals surface area contributed by atoms with Crippen LogP contribution in [-0.4, -0.2) is 50.8 Å². The maximum Gasteiger partial charge on any atom is 0.265 e. The fourth-order valence-electron chi connectivity index (χ4n) is 4.00. The van der Waals surface area contributed by atoms with Crippen LogP contribution < -0.4 is 15.0 Å². The number of carbonyl (C=O) groups is 2. The van der Waals surface area contributed by atoms with Gasteiger partial charge in [0, 0.05) is 25.7 Å². The lowest BCUT2D eigenvalue weighted by atomic mass is 10.0. The molecular weight excluding hydrogens is 442 g/mol. The molecule has 1 N–H and O–H groups in total. The molecule has 8 nitrogen and oxygen atoms in total. The Hall–Kier alpha value is -2.91. The monoisotopic (exact) mass is 471 g/mol. The summed E-state index contributed by atoms with van der Waals surface area (Å²) in [6.45, 7) is 5.05. The van der Waals surface area contributed by atoms with Gasteiger partial charge in [0.05, 0.1) is 10.6 Å². The molecule has 2 aliphatic rings. The first-order valence-electron chi connectivity index (χ1n) is 11.1. The van der Waals surface area contributed by atoms with E-state index in [1.54, 1.807) is 6.07 Å². The van der Waals surface area contributed by atoms with Crippen LogP contribution in [0.1, 0.15) is 30.9 Å². The first kappa shape index (κ1) is 23.3. The van der Waals surface area contributed by atoms with Crippen LogP contribution in [0.4, 0.5) is 5.69 Å². The second kappa shape index (κ2) is 9.52. The number of piperidine rings is 1. The van der Waals surface area contributed by atoms with E-state index in [9.17, 15) is 18.0 Å². The van der Waals surface area contributed by atoms with Crippen LogP contribution in [0.3, 0.4) is 0 Å². The predicted octanol–water partition coefficient (Wildman–Crippen LogP) is 2.46. The van der Waals surface area contributed by atoms with Crippen molar-refractivity contribution < 1.29 is 22.7 Å². The minimum absolute atomic E-state index is 0.133. The van der Waals surface area contributed by atoms with Crippen molar-refractivity contribution in [3.05, 3.63) is 53.6 Å². The number of anilines is 1. The number of hydrogen-bond donors (Lipinski definition) is 1. The van der Waals surface area contributed by atoms with Gasteiger partial charge < -0.3 is 10.1 Å². The number of carbonyl (C=O) groups excluding carboxylic acids is 2. The largest absolute Gasteiger partial charge is 0.482 e. The molecule has 0 saturated carbocycles. The molecule has 0 aromatic heterocycles. The first-order chi connectivity index (χ1) is 15.7. The van der Waals surface area contributed by atoms with Crippen LogP contribution in [-0.2, 0) is 26.2 Å². The third kappa shape index (κ3) is 5.20. The van der Waals surface area contributed by atoms with Crippen molar-refractivity contribution in [1.82, 2.24) is 9.62 Å². The lowest BCUT2D eigenvalue weighted by Crippen LogP contribution is -2.45. The summed E-state index contributed by atoms with van der Waals surface area (Å²) in [6.07, 6.45) is 1.67. The van der Waals surface area contributed by atoms with E-state index in [1.165, 1.54) is 21.3 Å². The summed E-state index contributed by atoms with van der Waals surface area (Å²) in [6, 6.07) is 12.3. The van der Waals surface area contributed by atoms with Gasteiger partial charge in [-0.15, -0.1) is 0 Å². The number of benzene rings is 2. The second-order valence-electron chi connectivity index (χ2n) is 8.75. The van der Waals surface area contributed by atoms with Crippen LogP contribution in [0.15, 0.2) is 47.4 Å². The topological polar surface area (TPSA) is 96.0 Å². The Balaban J connectivity index is 1.47. The number of sulfonamides is 1. The Morgan fingerprint density at radius 2 is 1.82 bits per heavy atom. The predicted molar refractivity (Wildman–Crippen MR) is 124 cm³/mol. The number of rotatable bonds is 6. The number of nitrogens with one attached hydrogen (secondary N) is 1. The van der Waals surface area contributed by atoms with E-state index in [-0.39, 0.29) is 35.6 Å². The standard InChI is InChI=1S/C24H29N3O5S/c1-17-3-5-19(6-4-17)14-25-23(28)15-27-21-8-7-20(13-22(21)32-16-24(27)29)33(30,31)26-11-9-18(2)10-12-26/h3-8,13,18H,9-12,14-16H2,1-2H3,(H,25,28). The molecule has 9 heteroatoms. The Labute approximate surface area is 194 Å². The van der Waals surface area contributed by atoms with Crippen LogP contribution in [0, 0.1) is 12.8 Å². The Kier molecular flexibility index (Phi) is 6.71. The maximum absolute atomic E-state index is 13.1. The summed E-state index contributed by atoms with van der Waals surface area (Å²) >= 11 is 0. The van der Waals surface area contributed by atoms with E-state index in [0.29, 0.717) is 31.2 Å². The average molecular weight is 472 g/mol. The lowest BCUT2D eigenvalue weighted by Gasteiger charge is -2.31. The van der Waals surface area contributed by atoms with Crippen molar-refractivity contribution >= 4 is 27.5 Å². The Morgan fingerprint density at radius 3 is 2.52 bits per heavy atom. The zero-order valence-electron chi connectivity index (χ0n) is 18.9. The fraction of sp³-hybridized carbons (Fsp3) is 0.417. The van der Waals surface area contributed by atoms with Crippen molar-refractivity contribution in [3.63, 3.8) is 0 Å². The molecule has 4 rings (SSSR count). The molecule has 0 atom stereocenters. The van der Waals surface area contributed by atoms with Crippen molar-refractivity contribution in [1.29, 1.82) is 0 Å². The highest BCUT2D eigenvalue weighted by Gasteiger charge is 2.32. The van der Waals surface area contributed by atoms with Crippen LogP contribution in [0.25, 0.3) is 0 Å². The zero-order valence-corrected chi connectivity index (χ0v) is 19.7. The van der Waals surface area contributed by atoms with Gasteiger partial charge in [0.15, 0.2) is 6.61 Å². The molecule has 2 aliphatic heterocycles. The van der Waals surface area contributed by atoms with Crippen LogP contribution >= 0.6 is 0 Å². The summed E-state index contributed by atoms with van der Waals surface area (Å²) in [4.78, 5) is 26.4. The van der Waals surface area contributed by atoms with Crippen molar-refractivity contribution in [3.8, 4) is 5.75 Å². The SMILES string of the molecule is Cc1ccc(CNC(=O)CN2C(=O)COc3cc(S(=O)(=O)N4CCC(C)CC4)ccc32)cc1. The lowest BCUT2D eigenvalue weighted by molar-refractivity contribution is -0.125.